The zero-order chi connectivity index (χ0) is 18.7. The Balaban J connectivity index is 1.68. The van der Waals surface area contributed by atoms with Crippen LogP contribution in [-0.2, 0) is 15.7 Å². The Morgan fingerprint density at radius 3 is 2.77 bits per heavy atom. The molecule has 0 spiro atoms. The average Bonchev–Trinajstić information content (AvgIpc) is 3.08. The number of aromatic nitrogens is 4. The molecule has 0 aromatic carbocycles. The number of hydrogen-bond acceptors (Lipinski definition) is 6. The maximum absolute atomic E-state index is 13.0. The first-order valence-electron chi connectivity index (χ1n) is 8.19. The first-order chi connectivity index (χ1) is 12.4. The summed E-state index contributed by atoms with van der Waals surface area (Å²) in [4.78, 5) is 21.0. The fourth-order valence-corrected chi connectivity index (χ4v) is 2.89. The molecular weight excluding hydrogens is 353 g/mol. The zero-order valence-electron chi connectivity index (χ0n) is 14.2. The second kappa shape index (κ2) is 7.44. The molecule has 3 heterocycles. The number of alkyl halides is 3. The van der Waals surface area contributed by atoms with Gasteiger partial charge in [-0.3, -0.25) is 4.79 Å². The van der Waals surface area contributed by atoms with Gasteiger partial charge in [0.05, 0.1) is 13.0 Å². The molecule has 0 saturated carbocycles. The molecule has 0 radical (unpaired) electrons. The summed E-state index contributed by atoms with van der Waals surface area (Å²) in [5.41, 5.74) is -1.02. The Kier molecular flexibility index (Phi) is 5.25. The maximum Gasteiger partial charge on any atom is 0.433 e. The summed E-state index contributed by atoms with van der Waals surface area (Å²) >= 11 is 0. The molecule has 0 bridgehead atoms. The van der Waals surface area contributed by atoms with Gasteiger partial charge in [0.15, 0.2) is 5.69 Å². The lowest BCUT2D eigenvalue weighted by Crippen LogP contribution is -2.42. The van der Waals surface area contributed by atoms with E-state index in [-0.39, 0.29) is 23.5 Å². The van der Waals surface area contributed by atoms with Crippen LogP contribution in [0, 0.1) is 0 Å². The maximum atomic E-state index is 13.0. The van der Waals surface area contributed by atoms with Gasteiger partial charge in [-0.1, -0.05) is 0 Å². The number of piperidine rings is 1. The molecule has 0 unspecified atom stereocenters. The molecule has 0 aliphatic carbocycles. The molecule has 26 heavy (non-hydrogen) atoms. The van der Waals surface area contributed by atoms with E-state index in [9.17, 15) is 18.0 Å². The van der Waals surface area contributed by atoms with Crippen molar-refractivity contribution in [2.24, 2.45) is 0 Å². The van der Waals surface area contributed by atoms with Crippen molar-refractivity contribution in [2.75, 3.05) is 32.1 Å². The van der Waals surface area contributed by atoms with Crippen LogP contribution in [0.3, 0.4) is 0 Å². The van der Waals surface area contributed by atoms with Gasteiger partial charge in [0.25, 0.3) is 5.78 Å². The summed E-state index contributed by atoms with van der Waals surface area (Å²) in [6, 6.07) is 0.856. The quantitative estimate of drug-likeness (QED) is 0.858. The molecule has 1 fully saturated rings. The van der Waals surface area contributed by atoms with Crippen LogP contribution in [0.25, 0.3) is 5.78 Å². The standard InChI is InChI=1S/C15H19F3N6O2/c1-26-7-4-13(25)23-5-2-10(3-6-23)21-12-8-11(15(16,17)18)22-14-19-9-20-24(12)14/h8-10,21H,2-7H2,1H3. The number of fused-ring (bicyclic) bond motifs is 1. The molecule has 2 aromatic rings. The number of rotatable bonds is 5. The predicted octanol–water partition coefficient (Wildman–Crippen LogP) is 1.58. The van der Waals surface area contributed by atoms with Crippen molar-refractivity contribution < 1.29 is 22.7 Å². The Labute approximate surface area is 147 Å². The minimum absolute atomic E-state index is 0.0206. The van der Waals surface area contributed by atoms with E-state index in [0.717, 1.165) is 12.4 Å². The molecular formula is C15H19F3N6O2. The van der Waals surface area contributed by atoms with Crippen LogP contribution >= 0.6 is 0 Å². The largest absolute Gasteiger partial charge is 0.433 e. The highest BCUT2D eigenvalue weighted by Gasteiger charge is 2.34. The van der Waals surface area contributed by atoms with E-state index >= 15 is 0 Å². The van der Waals surface area contributed by atoms with Crippen molar-refractivity contribution in [3.63, 3.8) is 0 Å². The second-order valence-electron chi connectivity index (χ2n) is 6.04. The van der Waals surface area contributed by atoms with Gasteiger partial charge in [0, 0.05) is 32.3 Å². The van der Waals surface area contributed by atoms with Gasteiger partial charge >= 0.3 is 6.18 Å². The smallest absolute Gasteiger partial charge is 0.384 e. The van der Waals surface area contributed by atoms with E-state index in [1.807, 2.05) is 0 Å². The highest BCUT2D eigenvalue weighted by atomic mass is 19.4. The number of halogens is 3. The summed E-state index contributed by atoms with van der Waals surface area (Å²) in [5.74, 6) is 0.0886. The van der Waals surface area contributed by atoms with Crippen molar-refractivity contribution in [2.45, 2.75) is 31.5 Å². The van der Waals surface area contributed by atoms with Gasteiger partial charge < -0.3 is 15.0 Å². The van der Waals surface area contributed by atoms with Gasteiger partial charge in [-0.2, -0.15) is 27.8 Å². The van der Waals surface area contributed by atoms with Crippen LogP contribution in [0.4, 0.5) is 19.0 Å². The topological polar surface area (TPSA) is 84.6 Å². The van der Waals surface area contributed by atoms with Crippen LogP contribution in [0.2, 0.25) is 0 Å². The van der Waals surface area contributed by atoms with Gasteiger partial charge in [-0.15, -0.1) is 0 Å². The first kappa shape index (κ1) is 18.4. The zero-order valence-corrected chi connectivity index (χ0v) is 14.2. The summed E-state index contributed by atoms with van der Waals surface area (Å²) in [5, 5.41) is 7.00. The lowest BCUT2D eigenvalue weighted by molar-refractivity contribution is -0.141. The minimum atomic E-state index is -4.57. The van der Waals surface area contributed by atoms with Crippen LogP contribution in [-0.4, -0.2) is 63.2 Å². The van der Waals surface area contributed by atoms with Crippen LogP contribution < -0.4 is 5.32 Å². The van der Waals surface area contributed by atoms with Gasteiger partial charge in [-0.05, 0) is 12.8 Å². The van der Waals surface area contributed by atoms with Gasteiger partial charge in [0.1, 0.15) is 12.1 Å². The van der Waals surface area contributed by atoms with Crippen LogP contribution in [0.15, 0.2) is 12.4 Å². The lowest BCUT2D eigenvalue weighted by atomic mass is 10.0. The van der Waals surface area contributed by atoms with Crippen molar-refractivity contribution in [1.82, 2.24) is 24.5 Å². The molecule has 0 atom stereocenters. The van der Waals surface area contributed by atoms with E-state index < -0.39 is 11.9 Å². The normalized spacial score (nSPS) is 16.2. The molecule has 142 valence electrons. The Morgan fingerprint density at radius 1 is 1.38 bits per heavy atom. The third kappa shape index (κ3) is 4.03. The second-order valence-corrected chi connectivity index (χ2v) is 6.04. The monoisotopic (exact) mass is 372 g/mol. The summed E-state index contributed by atoms with van der Waals surface area (Å²) in [6.45, 7) is 1.45. The molecule has 3 rings (SSSR count). The van der Waals surface area contributed by atoms with E-state index in [2.05, 4.69) is 20.4 Å². The Bertz CT molecular complexity index is 770. The molecule has 1 aliphatic rings. The molecule has 1 N–H and O–H groups in total. The summed E-state index contributed by atoms with van der Waals surface area (Å²) in [7, 11) is 1.54. The molecule has 2 aromatic heterocycles. The number of nitrogens with zero attached hydrogens (tertiary/aromatic N) is 5. The number of amides is 1. The van der Waals surface area contributed by atoms with Crippen molar-refractivity contribution in [3.05, 3.63) is 18.1 Å². The fourth-order valence-electron chi connectivity index (χ4n) is 2.89. The van der Waals surface area contributed by atoms with Gasteiger partial charge in [-0.25, -0.2) is 4.98 Å². The van der Waals surface area contributed by atoms with E-state index in [1.54, 1.807) is 4.90 Å². The average molecular weight is 372 g/mol. The predicted molar refractivity (Wildman–Crippen MR) is 85.5 cm³/mol. The Hall–Kier alpha value is -2.43. The number of carbonyl (C=O) groups excluding carboxylic acids is 1. The van der Waals surface area contributed by atoms with Crippen molar-refractivity contribution in [3.8, 4) is 0 Å². The molecule has 1 amide bonds. The number of hydrogen-bond donors (Lipinski definition) is 1. The number of likely N-dealkylation sites (tertiary alicyclic amines) is 1. The third-order valence-electron chi connectivity index (χ3n) is 4.26. The van der Waals surface area contributed by atoms with Crippen molar-refractivity contribution in [1.29, 1.82) is 0 Å². The molecule has 1 aliphatic heterocycles. The van der Waals surface area contributed by atoms with Crippen LogP contribution in [0.1, 0.15) is 25.0 Å². The molecule has 11 heteroatoms. The third-order valence-corrected chi connectivity index (χ3v) is 4.26. The minimum Gasteiger partial charge on any atom is -0.384 e. The molecule has 1 saturated heterocycles. The van der Waals surface area contributed by atoms with E-state index in [0.29, 0.717) is 39.0 Å². The highest BCUT2D eigenvalue weighted by molar-refractivity contribution is 5.76. The van der Waals surface area contributed by atoms with Crippen molar-refractivity contribution >= 4 is 17.5 Å². The number of carbonyl (C=O) groups is 1. The number of nitrogens with one attached hydrogen (secondary N) is 1. The Morgan fingerprint density at radius 2 is 2.12 bits per heavy atom. The fraction of sp³-hybridized carbons (Fsp3) is 0.600. The lowest BCUT2D eigenvalue weighted by Gasteiger charge is -2.33. The first-order valence-corrected chi connectivity index (χ1v) is 8.19. The number of anilines is 1. The summed E-state index contributed by atoms with van der Waals surface area (Å²) < 4.78 is 45.2. The number of ether oxygens (including phenoxy) is 1. The van der Waals surface area contributed by atoms with E-state index in [1.165, 1.54) is 11.6 Å². The van der Waals surface area contributed by atoms with E-state index in [4.69, 9.17) is 4.74 Å². The van der Waals surface area contributed by atoms with Crippen LogP contribution in [0.5, 0.6) is 0 Å². The number of methoxy groups -OCH3 is 1. The SMILES string of the molecule is COCCC(=O)N1CCC(Nc2cc(C(F)(F)F)nc3ncnn23)CC1. The summed E-state index contributed by atoms with van der Waals surface area (Å²) in [6.07, 6.45) is -1.84. The molecule has 8 nitrogen and oxygen atoms in total. The highest BCUT2D eigenvalue weighted by Crippen LogP contribution is 2.30. The van der Waals surface area contributed by atoms with Gasteiger partial charge in [0.2, 0.25) is 5.91 Å².